The fourth-order valence-electron chi connectivity index (χ4n) is 5.23. The normalized spacial score (nSPS) is 16.0. The van der Waals surface area contributed by atoms with Crippen molar-refractivity contribution >= 4 is 0 Å². The molecule has 0 heterocycles. The molecule has 2 aromatic carbocycles. The molecule has 1 aliphatic rings. The van der Waals surface area contributed by atoms with E-state index in [-0.39, 0.29) is 16.2 Å². The molecule has 0 radical (unpaired) electrons. The van der Waals surface area contributed by atoms with Gasteiger partial charge in [-0.25, -0.2) is 0 Å². The van der Waals surface area contributed by atoms with Crippen molar-refractivity contribution in [1.29, 1.82) is 0 Å². The van der Waals surface area contributed by atoms with Crippen LogP contribution in [0.5, 0.6) is 0 Å². The van der Waals surface area contributed by atoms with E-state index in [1.165, 1.54) is 22.3 Å². The van der Waals surface area contributed by atoms with E-state index in [0.717, 1.165) is 0 Å². The Morgan fingerprint density at radius 2 is 0.926 bits per heavy atom. The molecule has 0 atom stereocenters. The van der Waals surface area contributed by atoms with E-state index in [1.54, 1.807) is 11.1 Å². The summed E-state index contributed by atoms with van der Waals surface area (Å²) in [6.45, 7) is 23.6. The van der Waals surface area contributed by atoms with Crippen LogP contribution in [0.25, 0.3) is 11.1 Å². The minimum atomic E-state index is 0.0766. The van der Waals surface area contributed by atoms with Gasteiger partial charge in [0.1, 0.15) is 0 Å². The maximum absolute atomic E-state index is 2.52. The van der Waals surface area contributed by atoms with Gasteiger partial charge in [-0.05, 0) is 56.0 Å². The molecule has 0 saturated heterocycles. The molecule has 0 nitrogen and oxygen atoms in total. The van der Waals surface area contributed by atoms with Gasteiger partial charge in [0.15, 0.2) is 0 Å². The van der Waals surface area contributed by atoms with E-state index >= 15 is 0 Å². The molecule has 0 spiro atoms. The molecular weight excluding hydrogens is 324 g/mol. The van der Waals surface area contributed by atoms with E-state index in [1.807, 2.05) is 0 Å². The second-order valence-electron chi connectivity index (χ2n) is 11.2. The summed E-state index contributed by atoms with van der Waals surface area (Å²) in [5.41, 5.74) is 9.27. The third kappa shape index (κ3) is 2.96. The zero-order valence-electron chi connectivity index (χ0n) is 19.1. The van der Waals surface area contributed by atoms with E-state index in [2.05, 4.69) is 106 Å². The molecule has 27 heavy (non-hydrogen) atoms. The first-order valence-corrected chi connectivity index (χ1v) is 10.6. The minimum absolute atomic E-state index is 0.0766. The third-order valence-electron chi connectivity index (χ3n) is 6.77. The Balaban J connectivity index is 2.39. The van der Waals surface area contributed by atoms with Gasteiger partial charge in [0.05, 0.1) is 0 Å². The van der Waals surface area contributed by atoms with Crippen LogP contribution in [0.4, 0.5) is 0 Å². The van der Waals surface area contributed by atoms with Crippen molar-refractivity contribution < 1.29 is 0 Å². The standard InChI is InChI=1S/C27H38/c1-17(2)27(18(3)4)23-15-19(25(5,6)7)11-13-21(23)22-14-12-20(16-24(22)27)26(8,9)10/h11-18H,1-10H3. The molecule has 0 bridgehead atoms. The number of rotatable bonds is 2. The summed E-state index contributed by atoms with van der Waals surface area (Å²) < 4.78 is 0. The highest BCUT2D eigenvalue weighted by atomic mass is 14.5. The van der Waals surface area contributed by atoms with Gasteiger partial charge in [0.2, 0.25) is 0 Å². The number of hydrogen-bond acceptors (Lipinski definition) is 0. The fraction of sp³-hybridized carbons (Fsp3) is 0.556. The highest BCUT2D eigenvalue weighted by Gasteiger charge is 2.48. The fourth-order valence-corrected chi connectivity index (χ4v) is 5.23. The Morgan fingerprint density at radius 3 is 1.19 bits per heavy atom. The van der Waals surface area contributed by atoms with Crippen molar-refractivity contribution in [1.82, 2.24) is 0 Å². The predicted molar refractivity (Wildman–Crippen MR) is 120 cm³/mol. The van der Waals surface area contributed by atoms with Gasteiger partial charge >= 0.3 is 0 Å². The Morgan fingerprint density at radius 1 is 0.593 bits per heavy atom. The quantitative estimate of drug-likeness (QED) is 0.510. The van der Waals surface area contributed by atoms with Gasteiger partial charge in [-0.1, -0.05) is 106 Å². The van der Waals surface area contributed by atoms with E-state index < -0.39 is 0 Å². The second-order valence-corrected chi connectivity index (χ2v) is 11.2. The predicted octanol–water partition coefficient (Wildman–Crippen LogP) is 7.86. The van der Waals surface area contributed by atoms with Crippen molar-refractivity contribution in [2.75, 3.05) is 0 Å². The van der Waals surface area contributed by atoms with Crippen LogP contribution in [0.2, 0.25) is 0 Å². The molecule has 0 heteroatoms. The third-order valence-corrected chi connectivity index (χ3v) is 6.77. The van der Waals surface area contributed by atoms with Gasteiger partial charge in [-0.2, -0.15) is 0 Å². The van der Waals surface area contributed by atoms with Crippen LogP contribution in [-0.2, 0) is 16.2 Å². The van der Waals surface area contributed by atoms with Crippen LogP contribution in [-0.4, -0.2) is 0 Å². The van der Waals surface area contributed by atoms with E-state index in [9.17, 15) is 0 Å². The van der Waals surface area contributed by atoms with Crippen LogP contribution < -0.4 is 0 Å². The Labute approximate surface area is 167 Å². The molecule has 0 unspecified atom stereocenters. The van der Waals surface area contributed by atoms with Gasteiger partial charge in [-0.15, -0.1) is 0 Å². The first-order valence-electron chi connectivity index (χ1n) is 10.6. The topological polar surface area (TPSA) is 0 Å². The van der Waals surface area contributed by atoms with Crippen molar-refractivity contribution in [2.45, 2.75) is 85.5 Å². The summed E-state index contributed by atoms with van der Waals surface area (Å²) in [5, 5.41) is 0. The van der Waals surface area contributed by atoms with Crippen molar-refractivity contribution in [3.63, 3.8) is 0 Å². The molecule has 2 aromatic rings. The summed E-state index contributed by atoms with van der Waals surface area (Å²) in [6.07, 6.45) is 0. The van der Waals surface area contributed by atoms with Crippen molar-refractivity contribution in [3.05, 3.63) is 58.7 Å². The Bertz CT molecular complexity index is 777. The Hall–Kier alpha value is -1.56. The van der Waals surface area contributed by atoms with E-state index in [4.69, 9.17) is 0 Å². The molecule has 0 N–H and O–H groups in total. The molecular formula is C27H38. The molecule has 0 aromatic heterocycles. The van der Waals surface area contributed by atoms with Crippen molar-refractivity contribution in [2.24, 2.45) is 11.8 Å². The minimum Gasteiger partial charge on any atom is -0.0616 e. The second kappa shape index (κ2) is 6.23. The average Bonchev–Trinajstić information content (AvgIpc) is 2.83. The van der Waals surface area contributed by atoms with Crippen LogP contribution >= 0.6 is 0 Å². The highest BCUT2D eigenvalue weighted by molar-refractivity contribution is 5.82. The van der Waals surface area contributed by atoms with E-state index in [0.29, 0.717) is 11.8 Å². The average molecular weight is 363 g/mol. The van der Waals surface area contributed by atoms with Crippen LogP contribution in [0.3, 0.4) is 0 Å². The first kappa shape index (κ1) is 20.2. The summed E-state index contributed by atoms with van der Waals surface area (Å²) in [6, 6.07) is 14.5. The van der Waals surface area contributed by atoms with Gasteiger partial charge in [0.25, 0.3) is 0 Å². The zero-order chi connectivity index (χ0) is 20.4. The zero-order valence-corrected chi connectivity index (χ0v) is 19.1. The van der Waals surface area contributed by atoms with Gasteiger partial charge < -0.3 is 0 Å². The molecule has 146 valence electrons. The molecule has 0 saturated carbocycles. The lowest BCUT2D eigenvalue weighted by molar-refractivity contribution is 0.279. The van der Waals surface area contributed by atoms with Crippen LogP contribution in [0.15, 0.2) is 36.4 Å². The lowest BCUT2D eigenvalue weighted by atomic mass is 9.62. The van der Waals surface area contributed by atoms with Gasteiger partial charge in [-0.3, -0.25) is 0 Å². The highest BCUT2D eigenvalue weighted by Crippen LogP contribution is 2.57. The SMILES string of the molecule is CC(C)C1(C(C)C)c2cc(C(C)(C)C)ccc2-c2ccc(C(C)(C)C)cc21. The summed E-state index contributed by atoms with van der Waals surface area (Å²) in [5.74, 6) is 1.09. The molecule has 0 fully saturated rings. The molecule has 1 aliphatic carbocycles. The summed E-state index contributed by atoms with van der Waals surface area (Å²) in [7, 11) is 0. The largest absolute Gasteiger partial charge is 0.0616 e. The first-order chi connectivity index (χ1) is 12.3. The number of fused-ring (bicyclic) bond motifs is 3. The lowest BCUT2D eigenvalue weighted by Crippen LogP contribution is -2.37. The Kier molecular flexibility index (Phi) is 4.65. The van der Waals surface area contributed by atoms with Crippen LogP contribution in [0, 0.1) is 11.8 Å². The molecule has 0 aliphatic heterocycles. The number of benzene rings is 2. The smallest absolute Gasteiger partial charge is 0.0261 e. The maximum atomic E-state index is 2.52. The van der Waals surface area contributed by atoms with Crippen molar-refractivity contribution in [3.8, 4) is 11.1 Å². The lowest BCUT2D eigenvalue weighted by Gasteiger charge is -2.41. The summed E-state index contributed by atoms with van der Waals surface area (Å²) >= 11 is 0. The maximum Gasteiger partial charge on any atom is 0.0261 e. The van der Waals surface area contributed by atoms with Crippen LogP contribution in [0.1, 0.15) is 91.5 Å². The monoisotopic (exact) mass is 362 g/mol. The summed E-state index contributed by atoms with van der Waals surface area (Å²) in [4.78, 5) is 0. The van der Waals surface area contributed by atoms with Gasteiger partial charge in [0, 0.05) is 5.41 Å². The molecule has 0 amide bonds. The molecule has 3 rings (SSSR count). The number of hydrogen-bond donors (Lipinski definition) is 0.